The Morgan fingerprint density at radius 3 is 2.61 bits per heavy atom. The zero-order valence-electron chi connectivity index (χ0n) is 17.7. The minimum atomic E-state index is -0.144. The first-order chi connectivity index (χ1) is 15.0. The number of carbonyl (C=O) groups is 1. The number of aryl methyl sites for hydroxylation is 3. The van der Waals surface area contributed by atoms with Gasteiger partial charge in [0.25, 0.3) is 0 Å². The number of fused-ring (bicyclic) bond motifs is 2. The predicted octanol–water partition coefficient (Wildman–Crippen LogP) is 3.76. The van der Waals surface area contributed by atoms with Crippen molar-refractivity contribution in [1.29, 1.82) is 0 Å². The zero-order valence-corrected chi connectivity index (χ0v) is 17.7. The molecular weight excluding hydrogens is 394 g/mol. The first-order valence-electron chi connectivity index (χ1n) is 10.2. The van der Waals surface area contributed by atoms with Crippen molar-refractivity contribution < 1.29 is 14.3 Å². The number of hydrogen-bond acceptors (Lipinski definition) is 5. The molecule has 5 rings (SSSR count). The van der Waals surface area contributed by atoms with Crippen LogP contribution in [0, 0.1) is 20.8 Å². The third kappa shape index (κ3) is 3.61. The van der Waals surface area contributed by atoms with Crippen LogP contribution in [0.3, 0.4) is 0 Å². The van der Waals surface area contributed by atoms with Gasteiger partial charge in [0.2, 0.25) is 5.91 Å². The van der Waals surface area contributed by atoms with Crippen LogP contribution in [0.2, 0.25) is 0 Å². The van der Waals surface area contributed by atoms with Crippen molar-refractivity contribution in [3.8, 4) is 22.8 Å². The van der Waals surface area contributed by atoms with Crippen LogP contribution in [0.4, 0.5) is 5.69 Å². The van der Waals surface area contributed by atoms with Crippen LogP contribution in [-0.4, -0.2) is 38.9 Å². The molecule has 0 radical (unpaired) electrons. The van der Waals surface area contributed by atoms with Crippen molar-refractivity contribution >= 4 is 22.6 Å². The van der Waals surface area contributed by atoms with E-state index >= 15 is 0 Å². The lowest BCUT2D eigenvalue weighted by Gasteiger charge is -2.18. The lowest BCUT2D eigenvalue weighted by molar-refractivity contribution is -0.116. The van der Waals surface area contributed by atoms with Crippen molar-refractivity contribution in [3.05, 3.63) is 53.5 Å². The van der Waals surface area contributed by atoms with Crippen LogP contribution >= 0.6 is 0 Å². The number of nitrogens with one attached hydrogen (secondary N) is 2. The number of ether oxygens (including phenoxy) is 2. The molecule has 0 unspecified atom stereocenters. The summed E-state index contributed by atoms with van der Waals surface area (Å²) in [7, 11) is 0. The van der Waals surface area contributed by atoms with Gasteiger partial charge in [-0.2, -0.15) is 5.10 Å². The number of imidazole rings is 1. The minimum Gasteiger partial charge on any atom is -0.486 e. The van der Waals surface area contributed by atoms with Gasteiger partial charge >= 0.3 is 0 Å². The fourth-order valence-corrected chi connectivity index (χ4v) is 3.85. The molecule has 2 aromatic heterocycles. The topological polar surface area (TPSA) is 94.1 Å². The maximum absolute atomic E-state index is 13.0. The molecule has 2 N–H and O–H groups in total. The Kier molecular flexibility index (Phi) is 4.62. The average Bonchev–Trinajstić information content (AvgIpc) is 3.30. The first kappa shape index (κ1) is 19.2. The summed E-state index contributed by atoms with van der Waals surface area (Å²) in [6.45, 7) is 7.02. The summed E-state index contributed by atoms with van der Waals surface area (Å²) in [5.41, 5.74) is 6.06. The molecule has 0 saturated heterocycles. The van der Waals surface area contributed by atoms with Gasteiger partial charge in [-0.15, -0.1) is 0 Å². The number of amides is 1. The van der Waals surface area contributed by atoms with Crippen LogP contribution < -0.4 is 14.8 Å². The summed E-state index contributed by atoms with van der Waals surface area (Å²) in [5.74, 6) is 1.97. The zero-order chi connectivity index (χ0) is 21.5. The number of nitrogens with zero attached hydrogens (tertiary/aromatic N) is 3. The number of aromatic nitrogens is 4. The third-order valence-corrected chi connectivity index (χ3v) is 5.34. The normalized spacial score (nSPS) is 12.9. The summed E-state index contributed by atoms with van der Waals surface area (Å²) in [5, 5.41) is 10.3. The van der Waals surface area contributed by atoms with Crippen LogP contribution in [0.5, 0.6) is 11.5 Å². The predicted molar refractivity (Wildman–Crippen MR) is 118 cm³/mol. The van der Waals surface area contributed by atoms with Crippen molar-refractivity contribution in [2.75, 3.05) is 18.5 Å². The summed E-state index contributed by atoms with van der Waals surface area (Å²) in [6, 6.07) is 11.6. The first-order valence-corrected chi connectivity index (χ1v) is 10.2. The van der Waals surface area contributed by atoms with Gasteiger partial charge < -0.3 is 19.4 Å². The minimum absolute atomic E-state index is 0.134. The molecule has 0 spiro atoms. The summed E-state index contributed by atoms with van der Waals surface area (Å²) in [4.78, 5) is 17.6. The van der Waals surface area contributed by atoms with Gasteiger partial charge in [-0.25, -0.2) is 4.98 Å². The fraction of sp³-hybridized carbons (Fsp3) is 0.261. The second-order valence-electron chi connectivity index (χ2n) is 7.76. The molecule has 0 aliphatic carbocycles. The van der Waals surface area contributed by atoms with Gasteiger partial charge in [-0.3, -0.25) is 9.89 Å². The summed E-state index contributed by atoms with van der Waals surface area (Å²) in [6.07, 6.45) is 0. The maximum atomic E-state index is 13.0. The molecule has 8 nitrogen and oxygen atoms in total. The Labute approximate surface area is 179 Å². The molecule has 0 saturated carbocycles. The van der Waals surface area contributed by atoms with E-state index in [1.165, 1.54) is 0 Å². The molecule has 1 aliphatic heterocycles. The highest BCUT2D eigenvalue weighted by atomic mass is 16.6. The molecule has 2 aromatic carbocycles. The van der Waals surface area contributed by atoms with Gasteiger partial charge in [-0.05, 0) is 39.0 Å². The molecule has 4 aromatic rings. The maximum Gasteiger partial charge on any atom is 0.244 e. The number of anilines is 1. The van der Waals surface area contributed by atoms with Crippen LogP contribution in [0.1, 0.15) is 17.1 Å². The number of aromatic amines is 1. The quantitative estimate of drug-likeness (QED) is 0.527. The molecule has 8 heteroatoms. The van der Waals surface area contributed by atoms with E-state index in [0.717, 1.165) is 45.1 Å². The van der Waals surface area contributed by atoms with E-state index in [1.54, 1.807) is 0 Å². The molecular formula is C23H23N5O3. The largest absolute Gasteiger partial charge is 0.486 e. The van der Waals surface area contributed by atoms with Gasteiger partial charge in [0.1, 0.15) is 25.6 Å². The number of benzene rings is 2. The van der Waals surface area contributed by atoms with Gasteiger partial charge in [0, 0.05) is 23.4 Å². The Hall–Kier alpha value is -3.81. The van der Waals surface area contributed by atoms with Gasteiger partial charge in [0.15, 0.2) is 11.5 Å². The van der Waals surface area contributed by atoms with E-state index in [2.05, 4.69) is 20.5 Å². The Morgan fingerprint density at radius 1 is 1.10 bits per heavy atom. The number of hydrogen-bond donors (Lipinski definition) is 2. The summed E-state index contributed by atoms with van der Waals surface area (Å²) >= 11 is 0. The Bertz CT molecular complexity index is 1300. The number of H-pyrrole nitrogens is 1. The molecule has 1 amide bonds. The number of carbonyl (C=O) groups excluding carboxylic acids is 1. The second kappa shape index (κ2) is 7.46. The van der Waals surface area contributed by atoms with E-state index in [0.29, 0.717) is 24.7 Å². The van der Waals surface area contributed by atoms with E-state index in [-0.39, 0.29) is 12.5 Å². The molecule has 158 valence electrons. The lowest BCUT2D eigenvalue weighted by atomic mass is 10.1. The third-order valence-electron chi connectivity index (χ3n) is 5.34. The van der Waals surface area contributed by atoms with Crippen molar-refractivity contribution in [1.82, 2.24) is 19.7 Å². The molecule has 31 heavy (non-hydrogen) atoms. The monoisotopic (exact) mass is 417 g/mol. The van der Waals surface area contributed by atoms with E-state index in [9.17, 15) is 4.79 Å². The van der Waals surface area contributed by atoms with E-state index in [4.69, 9.17) is 9.47 Å². The van der Waals surface area contributed by atoms with E-state index < -0.39 is 0 Å². The van der Waals surface area contributed by atoms with Crippen molar-refractivity contribution in [2.24, 2.45) is 0 Å². The standard InChI is InChI=1S/C23H23N5O3/c1-13-4-5-17(16(8-13)18-9-14(2)26-27-18)25-23(29)12-28-15(3)24-19-10-21-22(11-20(19)28)31-7-6-30-21/h4-5,8-11H,6-7,12H2,1-3H3,(H,25,29)(H,26,27). The highest BCUT2D eigenvalue weighted by molar-refractivity contribution is 5.96. The van der Waals surface area contributed by atoms with Crippen molar-refractivity contribution in [2.45, 2.75) is 27.3 Å². The molecule has 1 aliphatic rings. The van der Waals surface area contributed by atoms with Crippen LogP contribution in [0.25, 0.3) is 22.3 Å². The Balaban J connectivity index is 1.44. The second-order valence-corrected chi connectivity index (χ2v) is 7.76. The Morgan fingerprint density at radius 2 is 1.87 bits per heavy atom. The molecule has 0 bridgehead atoms. The SMILES string of the molecule is Cc1ccc(NC(=O)Cn2c(C)nc3cc4c(cc32)OCCO4)c(-c2cc(C)[nH]n2)c1. The fourth-order valence-electron chi connectivity index (χ4n) is 3.85. The molecule has 0 atom stereocenters. The highest BCUT2D eigenvalue weighted by Crippen LogP contribution is 2.35. The van der Waals surface area contributed by atoms with E-state index in [1.807, 2.05) is 61.7 Å². The van der Waals surface area contributed by atoms with Gasteiger partial charge in [-0.1, -0.05) is 11.6 Å². The highest BCUT2D eigenvalue weighted by Gasteiger charge is 2.19. The van der Waals surface area contributed by atoms with Crippen LogP contribution in [-0.2, 0) is 11.3 Å². The van der Waals surface area contributed by atoms with Gasteiger partial charge in [0.05, 0.1) is 22.4 Å². The van der Waals surface area contributed by atoms with Crippen LogP contribution in [0.15, 0.2) is 36.4 Å². The average molecular weight is 417 g/mol. The molecule has 0 fully saturated rings. The summed E-state index contributed by atoms with van der Waals surface area (Å²) < 4.78 is 13.2. The lowest BCUT2D eigenvalue weighted by Crippen LogP contribution is -2.20. The number of rotatable bonds is 4. The molecule has 3 heterocycles. The van der Waals surface area contributed by atoms with Crippen molar-refractivity contribution in [3.63, 3.8) is 0 Å². The smallest absolute Gasteiger partial charge is 0.244 e.